The van der Waals surface area contributed by atoms with Crippen LogP contribution in [0.4, 0.5) is 0 Å². The molecule has 2 rings (SSSR count). The third kappa shape index (κ3) is 3.51. The molecule has 2 heterocycles. The Morgan fingerprint density at radius 1 is 1.44 bits per heavy atom. The van der Waals surface area contributed by atoms with Crippen molar-refractivity contribution >= 4 is 5.97 Å². The van der Waals surface area contributed by atoms with Gasteiger partial charge in [0.1, 0.15) is 0 Å². The molecule has 98 valence electrons. The minimum atomic E-state index is -0.345. The van der Waals surface area contributed by atoms with Gasteiger partial charge in [-0.2, -0.15) is 0 Å². The maximum absolute atomic E-state index is 11.2. The third-order valence-electron chi connectivity index (χ3n) is 3.03. The van der Waals surface area contributed by atoms with Crippen LogP contribution in [-0.4, -0.2) is 55.8 Å². The van der Waals surface area contributed by atoms with E-state index >= 15 is 0 Å². The van der Waals surface area contributed by atoms with Crippen LogP contribution in [0.5, 0.6) is 0 Å². The number of aromatic nitrogens is 1. The predicted molar refractivity (Wildman–Crippen MR) is 66.5 cm³/mol. The summed E-state index contributed by atoms with van der Waals surface area (Å²) in [5, 5.41) is 0. The molecule has 0 unspecified atom stereocenters. The number of hydrogen-bond donors (Lipinski definition) is 0. The third-order valence-corrected chi connectivity index (χ3v) is 3.03. The summed E-state index contributed by atoms with van der Waals surface area (Å²) in [6.07, 6.45) is 2.46. The molecule has 0 bridgehead atoms. The summed E-state index contributed by atoms with van der Waals surface area (Å²) in [6, 6.07) is 3.64. The van der Waals surface area contributed by atoms with Gasteiger partial charge in [-0.3, -0.25) is 9.88 Å². The fraction of sp³-hybridized carbons (Fsp3) is 0.538. The second-order valence-electron chi connectivity index (χ2n) is 4.23. The monoisotopic (exact) mass is 250 g/mol. The van der Waals surface area contributed by atoms with Crippen LogP contribution in [0.1, 0.15) is 16.1 Å². The molecule has 1 aliphatic heterocycles. The molecular weight excluding hydrogens is 232 g/mol. The lowest BCUT2D eigenvalue weighted by atomic mass is 10.2. The molecule has 18 heavy (non-hydrogen) atoms. The van der Waals surface area contributed by atoms with Gasteiger partial charge in [-0.25, -0.2) is 4.79 Å². The highest BCUT2D eigenvalue weighted by Gasteiger charge is 2.10. The minimum Gasteiger partial charge on any atom is -0.465 e. The Bertz CT molecular complexity index is 386. The highest BCUT2D eigenvalue weighted by molar-refractivity contribution is 5.88. The highest BCUT2D eigenvalue weighted by atomic mass is 16.5. The number of esters is 1. The lowest BCUT2D eigenvalue weighted by Gasteiger charge is -2.26. The van der Waals surface area contributed by atoms with Gasteiger partial charge in [0, 0.05) is 37.9 Å². The number of pyridine rings is 1. The van der Waals surface area contributed by atoms with Crippen LogP contribution in [0, 0.1) is 0 Å². The van der Waals surface area contributed by atoms with Crippen molar-refractivity contribution in [2.75, 3.05) is 40.0 Å². The molecule has 1 aliphatic rings. The second-order valence-corrected chi connectivity index (χ2v) is 4.23. The molecule has 5 heteroatoms. The maximum atomic E-state index is 11.2. The molecule has 1 saturated heterocycles. The van der Waals surface area contributed by atoms with Crippen molar-refractivity contribution in [2.24, 2.45) is 0 Å². The summed E-state index contributed by atoms with van der Waals surface area (Å²) in [6.45, 7) is 4.58. The molecule has 0 aliphatic carbocycles. The molecule has 0 spiro atoms. The average molecular weight is 250 g/mol. The number of methoxy groups -OCH3 is 1. The van der Waals surface area contributed by atoms with Crippen molar-refractivity contribution in [1.29, 1.82) is 0 Å². The zero-order valence-electron chi connectivity index (χ0n) is 10.6. The zero-order valence-corrected chi connectivity index (χ0v) is 10.6. The first-order chi connectivity index (χ1) is 8.79. The fourth-order valence-corrected chi connectivity index (χ4v) is 1.91. The summed E-state index contributed by atoms with van der Waals surface area (Å²) in [5.74, 6) is -0.345. The number of rotatable bonds is 4. The quantitative estimate of drug-likeness (QED) is 0.738. The van der Waals surface area contributed by atoms with Crippen LogP contribution in [0.25, 0.3) is 0 Å². The van der Waals surface area contributed by atoms with Gasteiger partial charge in [-0.15, -0.1) is 0 Å². The van der Waals surface area contributed by atoms with E-state index in [1.807, 2.05) is 6.07 Å². The van der Waals surface area contributed by atoms with Crippen LogP contribution in [0.2, 0.25) is 0 Å². The van der Waals surface area contributed by atoms with Crippen molar-refractivity contribution < 1.29 is 14.3 Å². The summed E-state index contributed by atoms with van der Waals surface area (Å²) >= 11 is 0. The Labute approximate surface area is 107 Å². The van der Waals surface area contributed by atoms with E-state index in [1.165, 1.54) is 7.11 Å². The topological polar surface area (TPSA) is 51.7 Å². The number of carbonyl (C=O) groups is 1. The number of morpholine rings is 1. The van der Waals surface area contributed by atoms with Gasteiger partial charge in [-0.05, 0) is 12.1 Å². The lowest BCUT2D eigenvalue weighted by Crippen LogP contribution is -2.37. The average Bonchev–Trinajstić information content (AvgIpc) is 2.46. The number of ether oxygens (including phenoxy) is 2. The Kier molecular flexibility index (Phi) is 4.66. The Balaban J connectivity index is 1.84. The van der Waals surface area contributed by atoms with Crippen molar-refractivity contribution in [3.8, 4) is 0 Å². The molecule has 0 aromatic carbocycles. The highest BCUT2D eigenvalue weighted by Crippen LogP contribution is 2.04. The van der Waals surface area contributed by atoms with Crippen molar-refractivity contribution in [1.82, 2.24) is 9.88 Å². The number of hydrogen-bond acceptors (Lipinski definition) is 5. The van der Waals surface area contributed by atoms with Gasteiger partial charge in [0.2, 0.25) is 0 Å². The first kappa shape index (κ1) is 13.0. The van der Waals surface area contributed by atoms with Gasteiger partial charge in [-0.1, -0.05) is 0 Å². The Hall–Kier alpha value is -1.46. The van der Waals surface area contributed by atoms with Gasteiger partial charge in [0.05, 0.1) is 25.9 Å². The van der Waals surface area contributed by atoms with E-state index in [9.17, 15) is 4.79 Å². The zero-order chi connectivity index (χ0) is 12.8. The molecule has 0 amide bonds. The molecule has 1 fully saturated rings. The van der Waals surface area contributed by atoms with E-state index < -0.39 is 0 Å². The first-order valence-electron chi connectivity index (χ1n) is 6.13. The normalized spacial score (nSPS) is 16.5. The van der Waals surface area contributed by atoms with E-state index in [0.717, 1.165) is 45.0 Å². The molecule has 5 nitrogen and oxygen atoms in total. The number of nitrogens with zero attached hydrogens (tertiary/aromatic N) is 2. The Morgan fingerprint density at radius 2 is 2.22 bits per heavy atom. The number of carbonyl (C=O) groups excluding carboxylic acids is 1. The van der Waals surface area contributed by atoms with Gasteiger partial charge >= 0.3 is 5.97 Å². The fourth-order valence-electron chi connectivity index (χ4n) is 1.91. The van der Waals surface area contributed by atoms with Crippen molar-refractivity contribution in [3.05, 3.63) is 29.6 Å². The van der Waals surface area contributed by atoms with E-state index in [-0.39, 0.29) is 5.97 Å². The van der Waals surface area contributed by atoms with E-state index in [2.05, 4.69) is 14.6 Å². The van der Waals surface area contributed by atoms with E-state index in [0.29, 0.717) is 5.56 Å². The molecule has 1 aromatic rings. The minimum absolute atomic E-state index is 0.345. The first-order valence-corrected chi connectivity index (χ1v) is 6.13. The Morgan fingerprint density at radius 3 is 2.83 bits per heavy atom. The van der Waals surface area contributed by atoms with Crippen LogP contribution >= 0.6 is 0 Å². The van der Waals surface area contributed by atoms with E-state index in [1.54, 1.807) is 12.3 Å². The molecule has 1 aromatic heterocycles. The molecule has 0 radical (unpaired) electrons. The maximum Gasteiger partial charge on any atom is 0.339 e. The largest absolute Gasteiger partial charge is 0.465 e. The van der Waals surface area contributed by atoms with Crippen LogP contribution in [0.15, 0.2) is 18.3 Å². The molecule has 0 atom stereocenters. The summed E-state index contributed by atoms with van der Waals surface area (Å²) in [7, 11) is 1.37. The summed E-state index contributed by atoms with van der Waals surface area (Å²) < 4.78 is 9.93. The van der Waals surface area contributed by atoms with E-state index in [4.69, 9.17) is 4.74 Å². The van der Waals surface area contributed by atoms with Gasteiger partial charge in [0.15, 0.2) is 0 Å². The standard InChI is InChI=1S/C13H18N2O3/c1-17-13(16)11-2-3-12(14-10-11)4-5-15-6-8-18-9-7-15/h2-3,10H,4-9H2,1H3. The molecule has 0 N–H and O–H groups in total. The predicted octanol–water partition coefficient (Wildman–Crippen LogP) is 0.743. The summed E-state index contributed by atoms with van der Waals surface area (Å²) in [4.78, 5) is 17.9. The van der Waals surface area contributed by atoms with Crippen molar-refractivity contribution in [2.45, 2.75) is 6.42 Å². The SMILES string of the molecule is COC(=O)c1ccc(CCN2CCOCC2)nc1. The molecule has 0 saturated carbocycles. The lowest BCUT2D eigenvalue weighted by molar-refractivity contribution is 0.0383. The van der Waals surface area contributed by atoms with Gasteiger partial charge < -0.3 is 9.47 Å². The van der Waals surface area contributed by atoms with Crippen molar-refractivity contribution in [3.63, 3.8) is 0 Å². The smallest absolute Gasteiger partial charge is 0.339 e. The van der Waals surface area contributed by atoms with Crippen LogP contribution in [0.3, 0.4) is 0 Å². The van der Waals surface area contributed by atoms with Crippen LogP contribution < -0.4 is 0 Å². The van der Waals surface area contributed by atoms with Crippen LogP contribution in [-0.2, 0) is 15.9 Å². The molecular formula is C13H18N2O3. The summed E-state index contributed by atoms with van der Waals surface area (Å²) in [5.41, 5.74) is 1.49. The second kappa shape index (κ2) is 6.47. The van der Waals surface area contributed by atoms with Gasteiger partial charge in [0.25, 0.3) is 0 Å².